The van der Waals surface area contributed by atoms with Crippen molar-refractivity contribution in [2.45, 2.75) is 33.4 Å². The molecule has 22 nitrogen and oxygen atoms in total. The topological polar surface area (TPSA) is 357 Å². The molecule has 0 N–H and O–H groups in total. The van der Waals surface area contributed by atoms with E-state index < -0.39 is 129 Å². The summed E-state index contributed by atoms with van der Waals surface area (Å²) in [7, 11) is -19.0. The van der Waals surface area contributed by atoms with E-state index >= 15 is 0 Å². The SMILES string of the molecule is CC(=O)C1=NN(c2cc(S(=O)(=O)[O-])ccc2S(=O)(=O)[O-])C(=O)C1=CC=C(C=Cc1c(C(C)=O)nn(-c2cc(S(=O)(=O)[O-])ccc2S(=O)(=O)[O-])c1[O-])C(=O)N(C)C.[K+].[Na+].[Na+].[Na+].[Na+]. The second-order valence-electron chi connectivity index (χ2n) is 11.5. The van der Waals surface area contributed by atoms with Gasteiger partial charge in [0.25, 0.3) is 11.8 Å². The van der Waals surface area contributed by atoms with E-state index in [9.17, 15) is 76.2 Å². The number of rotatable bonds is 12. The fourth-order valence-electron chi connectivity index (χ4n) is 4.84. The van der Waals surface area contributed by atoms with Crippen molar-refractivity contribution < 1.29 is 246 Å². The monoisotopic (exact) mass is 983 g/mol. The van der Waals surface area contributed by atoms with Crippen LogP contribution in [0.4, 0.5) is 5.69 Å². The number of carbonyl (C=O) groups is 4. The van der Waals surface area contributed by atoms with E-state index in [-0.39, 0.29) is 179 Å². The first-order chi connectivity index (χ1) is 25.5. The van der Waals surface area contributed by atoms with Crippen molar-refractivity contribution in [2.24, 2.45) is 5.10 Å². The van der Waals surface area contributed by atoms with Gasteiger partial charge < -0.3 is 28.2 Å². The Hall–Kier alpha value is -0.104. The van der Waals surface area contributed by atoms with E-state index in [2.05, 4.69) is 10.2 Å². The molecular weight excluding hydrogens is 962 g/mol. The Kier molecular flexibility index (Phi) is 24.9. The number of nitrogens with zero attached hydrogens (tertiary/aromatic N) is 5. The number of benzene rings is 2. The largest absolute Gasteiger partial charge is 1.00 e. The summed E-state index contributed by atoms with van der Waals surface area (Å²) in [4.78, 5) is 48.2. The average molecular weight is 984 g/mol. The minimum atomic E-state index is -5.47. The number of aromatic nitrogens is 2. The first kappa shape index (κ1) is 63.0. The third-order valence-corrected chi connectivity index (χ3v) is 10.8. The van der Waals surface area contributed by atoms with Crippen molar-refractivity contribution in [3.63, 3.8) is 0 Å². The summed E-state index contributed by atoms with van der Waals surface area (Å²) < 4.78 is 142. The molecule has 0 radical (unpaired) electrons. The molecular formula is C30H22KN5Na4O17S4. The molecule has 2 heterocycles. The Morgan fingerprint density at radius 2 is 1.18 bits per heavy atom. The molecule has 1 aromatic heterocycles. The summed E-state index contributed by atoms with van der Waals surface area (Å²) in [6, 6.07) is 2.59. The zero-order chi connectivity index (χ0) is 42.5. The Balaban J connectivity index is 0. The normalized spacial score (nSPS) is 13.9. The average Bonchev–Trinajstić information content (AvgIpc) is 3.58. The molecule has 4 rings (SSSR count). The molecule has 298 valence electrons. The summed E-state index contributed by atoms with van der Waals surface area (Å²) in [5.41, 5.74) is -5.21. The first-order valence-electron chi connectivity index (χ1n) is 14.7. The molecule has 61 heavy (non-hydrogen) atoms. The molecule has 0 saturated heterocycles. The van der Waals surface area contributed by atoms with Crippen LogP contribution < -0.4 is 180 Å². The quantitative estimate of drug-likeness (QED) is 0.0535. The minimum absolute atomic E-state index is 0. The summed E-state index contributed by atoms with van der Waals surface area (Å²) in [5, 5.41) is 21.2. The fraction of sp³-hybridized carbons (Fsp3) is 0.133. The van der Waals surface area contributed by atoms with Crippen LogP contribution >= 0.6 is 0 Å². The van der Waals surface area contributed by atoms with Crippen LogP contribution in [0.15, 0.2) is 90.5 Å². The molecule has 0 fully saturated rings. The van der Waals surface area contributed by atoms with Crippen molar-refractivity contribution in [3.8, 4) is 11.6 Å². The van der Waals surface area contributed by atoms with Crippen LogP contribution in [0.2, 0.25) is 0 Å². The Labute approximate surface area is 479 Å². The van der Waals surface area contributed by atoms with E-state index in [0.29, 0.717) is 36.4 Å². The van der Waals surface area contributed by atoms with E-state index in [1.54, 1.807) is 0 Å². The van der Waals surface area contributed by atoms with Gasteiger partial charge in [-0.05, 0) is 60.5 Å². The van der Waals surface area contributed by atoms with E-state index in [1.807, 2.05) is 0 Å². The summed E-state index contributed by atoms with van der Waals surface area (Å²) in [6.07, 6.45) is 3.39. The minimum Gasteiger partial charge on any atom is -0.858 e. The Morgan fingerprint density at radius 3 is 1.59 bits per heavy atom. The molecule has 1 aliphatic heterocycles. The van der Waals surface area contributed by atoms with Crippen LogP contribution in [0.1, 0.15) is 29.9 Å². The molecule has 0 atom stereocenters. The fourth-order valence-corrected chi connectivity index (χ4v) is 7.09. The van der Waals surface area contributed by atoms with Crippen molar-refractivity contribution in [1.82, 2.24) is 14.7 Å². The predicted molar refractivity (Wildman–Crippen MR) is 181 cm³/mol. The van der Waals surface area contributed by atoms with Crippen molar-refractivity contribution in [3.05, 3.63) is 77.0 Å². The van der Waals surface area contributed by atoms with Crippen LogP contribution in [0.25, 0.3) is 11.8 Å². The van der Waals surface area contributed by atoms with Crippen LogP contribution in [-0.4, -0.2) is 110 Å². The molecule has 0 aliphatic carbocycles. The van der Waals surface area contributed by atoms with Gasteiger partial charge in [-0.25, -0.2) is 38.4 Å². The number of amides is 2. The zero-order valence-electron chi connectivity index (χ0n) is 33.6. The summed E-state index contributed by atoms with van der Waals surface area (Å²) in [5.74, 6) is -5.49. The van der Waals surface area contributed by atoms with Gasteiger partial charge >= 0.3 is 170 Å². The molecule has 3 aromatic rings. The van der Waals surface area contributed by atoms with Crippen molar-refractivity contribution >= 4 is 81.3 Å². The smallest absolute Gasteiger partial charge is 0.858 e. The van der Waals surface area contributed by atoms with Gasteiger partial charge in [-0.1, -0.05) is 6.08 Å². The van der Waals surface area contributed by atoms with Gasteiger partial charge in [-0.15, -0.1) is 0 Å². The number of anilines is 1. The van der Waals surface area contributed by atoms with Crippen LogP contribution in [0.5, 0.6) is 5.88 Å². The summed E-state index contributed by atoms with van der Waals surface area (Å²) >= 11 is 0. The van der Waals surface area contributed by atoms with Crippen molar-refractivity contribution in [2.75, 3.05) is 19.1 Å². The molecule has 31 heteroatoms. The molecule has 0 unspecified atom stereocenters. The van der Waals surface area contributed by atoms with Gasteiger partial charge in [0, 0.05) is 39.1 Å². The third kappa shape index (κ3) is 14.9. The van der Waals surface area contributed by atoms with E-state index in [4.69, 9.17) is 0 Å². The summed E-state index contributed by atoms with van der Waals surface area (Å²) in [6.45, 7) is 1.82. The van der Waals surface area contributed by atoms with Gasteiger partial charge in [-0.3, -0.25) is 19.2 Å². The number of likely N-dealkylation sites (N-methyl/N-ethyl adjacent to an activating group) is 1. The molecule has 2 amide bonds. The van der Waals surface area contributed by atoms with Crippen LogP contribution in [0, 0.1) is 0 Å². The van der Waals surface area contributed by atoms with Crippen LogP contribution in [0.3, 0.4) is 0 Å². The maximum Gasteiger partial charge on any atom is 1.00 e. The second-order valence-corrected chi connectivity index (χ2v) is 16.9. The number of Topliss-reactive ketones (excluding diaryl/α,β-unsaturated/α-hetero) is 2. The second kappa shape index (κ2) is 24.1. The maximum absolute atomic E-state index is 13.6. The standard InChI is InChI=1S/C30H27N5O17S4.K.4Na/c1-15(36)26-20(29(39)34(31-26)22-13-18(53(41,42)43)7-11-24(22)55(47,48)49)9-5-17(28(38)33(3)4)6-10-21-27(16(2)37)32-35(30(21)40)23-14-19(54(44,45)46)8-12-25(23)56(50,51)52;;;;;/h5-14,39H,1-4H3,(H,41,42,43)(H,44,45,46)(H,47,48,49)(H,50,51,52);;;;;/q;5*+1/p-5. The maximum atomic E-state index is 13.6. The molecule has 0 saturated carbocycles. The molecule has 1 aliphatic rings. The zero-order valence-corrected chi connectivity index (χ0v) is 48.0. The third-order valence-electron chi connectivity index (χ3n) is 7.37. The van der Waals surface area contributed by atoms with Gasteiger partial charge in [0.15, 0.2) is 11.6 Å². The predicted octanol–water partition coefficient (Wildman–Crippen LogP) is -16.3. The molecule has 0 spiro atoms. The van der Waals surface area contributed by atoms with E-state index in [1.165, 1.54) is 14.1 Å². The number of hydrazone groups is 1. The first-order valence-corrected chi connectivity index (χ1v) is 20.4. The van der Waals surface area contributed by atoms with Gasteiger partial charge in [0.05, 0.1) is 36.5 Å². The van der Waals surface area contributed by atoms with E-state index in [0.717, 1.165) is 43.1 Å². The number of allylic oxidation sites excluding steroid dienone is 2. The molecule has 2 aromatic carbocycles. The number of ketones is 2. The van der Waals surface area contributed by atoms with Gasteiger partial charge in [-0.2, -0.15) is 15.2 Å². The van der Waals surface area contributed by atoms with Gasteiger partial charge in [0.2, 0.25) is 0 Å². The Bertz CT molecular complexity index is 2860. The number of carbonyl (C=O) groups excluding carboxylic acids is 4. The molecule has 0 bridgehead atoms. The van der Waals surface area contributed by atoms with Crippen molar-refractivity contribution in [1.29, 1.82) is 0 Å². The van der Waals surface area contributed by atoms with Gasteiger partial charge in [0.1, 0.15) is 51.9 Å². The number of hydrogen-bond donors (Lipinski definition) is 0. The Morgan fingerprint density at radius 1 is 0.721 bits per heavy atom. The van der Waals surface area contributed by atoms with Crippen LogP contribution in [-0.2, 0) is 54.9 Å². The number of hydrogen-bond acceptors (Lipinski definition) is 19.